The highest BCUT2D eigenvalue weighted by atomic mass is 32.2. The normalized spacial score (nSPS) is 19.7. The molecule has 172 valence electrons. The number of sulfonamides is 1. The predicted molar refractivity (Wildman–Crippen MR) is 122 cm³/mol. The van der Waals surface area contributed by atoms with Crippen molar-refractivity contribution in [2.24, 2.45) is 0 Å². The van der Waals surface area contributed by atoms with E-state index < -0.39 is 16.1 Å². The van der Waals surface area contributed by atoms with Crippen LogP contribution < -0.4 is 14.8 Å². The average molecular weight is 460 g/mol. The first-order chi connectivity index (χ1) is 15.2. The molecule has 1 atom stereocenters. The zero-order valence-electron chi connectivity index (χ0n) is 18.0. The van der Waals surface area contributed by atoms with Gasteiger partial charge >= 0.3 is 0 Å². The van der Waals surface area contributed by atoms with Gasteiger partial charge in [-0.05, 0) is 61.4 Å². The van der Waals surface area contributed by atoms with Crippen molar-refractivity contribution in [1.82, 2.24) is 5.32 Å². The minimum atomic E-state index is -3.53. The Bertz CT molecular complexity index is 1040. The number of nitrogens with one attached hydrogen (secondary N) is 2. The number of aromatic hydroxyl groups is 1. The molecule has 0 spiro atoms. The zero-order valence-corrected chi connectivity index (χ0v) is 18.8. The number of aliphatic hydroxyl groups excluding tert-OH is 1. The summed E-state index contributed by atoms with van der Waals surface area (Å²) in [5, 5.41) is 32.3. The van der Waals surface area contributed by atoms with E-state index in [2.05, 4.69) is 16.1 Å². The number of phenolic OH excluding ortho intramolecular Hbond substituents is 1. The molecular weight excluding hydrogens is 430 g/mol. The van der Waals surface area contributed by atoms with Crippen LogP contribution in [0, 0.1) is 11.3 Å². The Kier molecular flexibility index (Phi) is 7.96. The third-order valence-corrected chi connectivity index (χ3v) is 6.18. The van der Waals surface area contributed by atoms with E-state index in [1.54, 1.807) is 0 Å². The summed E-state index contributed by atoms with van der Waals surface area (Å²) in [5.41, 5.74) is 1.97. The standard InChI is InChI=1S/C23H29N3O5S/c1-32(29,30)26-22-12-21(10-11-23(22)28)31-15-20(27)14-25-19-8-6-18(7-9-19)17-4-2-16(13-24)3-5-17/h2-5,10-12,18-20,25-28H,6-9,14-15H2,1H3/t18-,19-,20-/m0/s1. The van der Waals surface area contributed by atoms with E-state index in [4.69, 9.17) is 10.00 Å². The minimum absolute atomic E-state index is 0.0247. The van der Waals surface area contributed by atoms with Crippen LogP contribution in [0.15, 0.2) is 42.5 Å². The largest absolute Gasteiger partial charge is 0.506 e. The van der Waals surface area contributed by atoms with Crippen molar-refractivity contribution in [3.8, 4) is 17.6 Å². The molecule has 0 aliphatic heterocycles. The highest BCUT2D eigenvalue weighted by molar-refractivity contribution is 7.92. The molecule has 8 nitrogen and oxygen atoms in total. The molecule has 1 saturated carbocycles. The van der Waals surface area contributed by atoms with Gasteiger partial charge in [-0.25, -0.2) is 8.42 Å². The Morgan fingerprint density at radius 1 is 1.16 bits per heavy atom. The molecule has 0 radical (unpaired) electrons. The van der Waals surface area contributed by atoms with Gasteiger partial charge in [0.2, 0.25) is 10.0 Å². The van der Waals surface area contributed by atoms with Crippen molar-refractivity contribution < 1.29 is 23.4 Å². The lowest BCUT2D eigenvalue weighted by Crippen LogP contribution is -2.39. The van der Waals surface area contributed by atoms with Crippen molar-refractivity contribution in [2.75, 3.05) is 24.1 Å². The molecule has 0 amide bonds. The molecule has 3 rings (SSSR count). The highest BCUT2D eigenvalue weighted by Gasteiger charge is 2.22. The van der Waals surface area contributed by atoms with E-state index in [0.717, 1.165) is 31.9 Å². The van der Waals surface area contributed by atoms with Crippen LogP contribution in [-0.2, 0) is 10.0 Å². The summed E-state index contributed by atoms with van der Waals surface area (Å²) in [4.78, 5) is 0. The molecule has 9 heteroatoms. The SMILES string of the molecule is CS(=O)(=O)Nc1cc(OC[C@@H](O)CN[C@H]2CC[C@H](c3ccc(C#N)cc3)CC2)ccc1O. The maximum atomic E-state index is 11.4. The van der Waals surface area contributed by atoms with Gasteiger partial charge in [0, 0.05) is 18.7 Å². The lowest BCUT2D eigenvalue weighted by molar-refractivity contribution is 0.101. The Balaban J connectivity index is 1.40. The first-order valence-electron chi connectivity index (χ1n) is 10.6. The van der Waals surface area contributed by atoms with Gasteiger partial charge in [0.1, 0.15) is 24.2 Å². The molecule has 0 bridgehead atoms. The van der Waals surface area contributed by atoms with Crippen LogP contribution in [0.4, 0.5) is 5.69 Å². The molecule has 2 aromatic rings. The molecule has 4 N–H and O–H groups in total. The number of hydrogen-bond donors (Lipinski definition) is 4. The monoisotopic (exact) mass is 459 g/mol. The summed E-state index contributed by atoms with van der Waals surface area (Å²) in [5.74, 6) is 0.635. The van der Waals surface area contributed by atoms with Crippen molar-refractivity contribution >= 4 is 15.7 Å². The number of hydrogen-bond acceptors (Lipinski definition) is 7. The summed E-state index contributed by atoms with van der Waals surface area (Å²) >= 11 is 0. The van der Waals surface area contributed by atoms with Crippen molar-refractivity contribution in [1.29, 1.82) is 5.26 Å². The van der Waals surface area contributed by atoms with Crippen LogP contribution >= 0.6 is 0 Å². The van der Waals surface area contributed by atoms with Gasteiger partial charge in [0.15, 0.2) is 0 Å². The summed E-state index contributed by atoms with van der Waals surface area (Å²) in [7, 11) is -3.53. The van der Waals surface area contributed by atoms with E-state index in [9.17, 15) is 18.6 Å². The molecule has 1 aliphatic rings. The quantitative estimate of drug-likeness (QED) is 0.424. The van der Waals surface area contributed by atoms with Crippen molar-refractivity contribution in [3.63, 3.8) is 0 Å². The average Bonchev–Trinajstić information content (AvgIpc) is 2.77. The van der Waals surface area contributed by atoms with Crippen molar-refractivity contribution in [3.05, 3.63) is 53.6 Å². The van der Waals surface area contributed by atoms with Gasteiger partial charge in [-0.2, -0.15) is 5.26 Å². The van der Waals surface area contributed by atoms with E-state index in [-0.39, 0.29) is 18.0 Å². The lowest BCUT2D eigenvalue weighted by atomic mass is 9.81. The Hall–Kier alpha value is -2.80. The van der Waals surface area contributed by atoms with Crippen LogP contribution in [0.2, 0.25) is 0 Å². The Morgan fingerprint density at radius 3 is 2.47 bits per heavy atom. The Labute approximate surface area is 188 Å². The van der Waals surface area contributed by atoms with Crippen LogP contribution in [-0.4, -0.2) is 50.2 Å². The number of nitrogens with zero attached hydrogens (tertiary/aromatic N) is 1. The second-order valence-corrected chi connectivity index (χ2v) is 9.96. The summed E-state index contributed by atoms with van der Waals surface area (Å²) < 4.78 is 30.5. The zero-order chi connectivity index (χ0) is 23.1. The van der Waals surface area contributed by atoms with Crippen LogP contribution in [0.3, 0.4) is 0 Å². The van der Waals surface area contributed by atoms with Crippen molar-refractivity contribution in [2.45, 2.75) is 43.7 Å². The maximum Gasteiger partial charge on any atom is 0.229 e. The molecule has 32 heavy (non-hydrogen) atoms. The van der Waals surface area contributed by atoms with E-state index >= 15 is 0 Å². The van der Waals surface area contributed by atoms with Crippen LogP contribution in [0.25, 0.3) is 0 Å². The van der Waals surface area contributed by atoms with Gasteiger partial charge < -0.3 is 20.3 Å². The van der Waals surface area contributed by atoms with E-state index in [1.807, 2.05) is 24.3 Å². The summed E-state index contributed by atoms with van der Waals surface area (Å²) in [6.45, 7) is 0.426. The lowest BCUT2D eigenvalue weighted by Gasteiger charge is -2.30. The highest BCUT2D eigenvalue weighted by Crippen LogP contribution is 2.33. The number of ether oxygens (including phenoxy) is 1. The smallest absolute Gasteiger partial charge is 0.229 e. The number of anilines is 1. The van der Waals surface area contributed by atoms with E-state index in [0.29, 0.717) is 29.8 Å². The molecule has 2 aromatic carbocycles. The number of benzene rings is 2. The maximum absolute atomic E-state index is 11.4. The fraction of sp³-hybridized carbons (Fsp3) is 0.435. The molecule has 0 aromatic heterocycles. The fourth-order valence-corrected chi connectivity index (χ4v) is 4.46. The van der Waals surface area contributed by atoms with Crippen LogP contribution in [0.5, 0.6) is 11.5 Å². The van der Waals surface area contributed by atoms with Gasteiger partial charge in [0.25, 0.3) is 0 Å². The van der Waals surface area contributed by atoms with Crippen LogP contribution in [0.1, 0.15) is 42.7 Å². The Morgan fingerprint density at radius 2 is 1.84 bits per heavy atom. The molecule has 0 heterocycles. The van der Waals surface area contributed by atoms with Gasteiger partial charge in [-0.3, -0.25) is 4.72 Å². The first kappa shape index (κ1) is 23.9. The van der Waals surface area contributed by atoms with Gasteiger partial charge in [-0.15, -0.1) is 0 Å². The minimum Gasteiger partial charge on any atom is -0.506 e. The second-order valence-electron chi connectivity index (χ2n) is 8.21. The number of nitriles is 1. The topological polar surface area (TPSA) is 132 Å². The van der Waals surface area contributed by atoms with Gasteiger partial charge in [0.05, 0.1) is 23.6 Å². The third kappa shape index (κ3) is 7.12. The molecule has 0 saturated heterocycles. The first-order valence-corrected chi connectivity index (χ1v) is 12.5. The van der Waals surface area contributed by atoms with Gasteiger partial charge in [-0.1, -0.05) is 12.1 Å². The molecule has 1 fully saturated rings. The number of aliphatic hydroxyl groups is 1. The molecule has 1 aliphatic carbocycles. The van der Waals surface area contributed by atoms with E-state index in [1.165, 1.54) is 23.8 Å². The number of rotatable bonds is 9. The summed E-state index contributed by atoms with van der Waals surface area (Å²) in [6, 6.07) is 14.5. The second kappa shape index (κ2) is 10.7. The predicted octanol–water partition coefficient (Wildman–Crippen LogP) is 2.69. The fourth-order valence-electron chi connectivity index (χ4n) is 3.90. The summed E-state index contributed by atoms with van der Waals surface area (Å²) in [6.07, 6.45) is 4.40. The third-order valence-electron chi connectivity index (χ3n) is 5.59. The molecule has 0 unspecified atom stereocenters. The molecular formula is C23H29N3O5S. The number of phenols is 1.